The van der Waals surface area contributed by atoms with E-state index in [9.17, 15) is 8.42 Å². The maximum Gasteiger partial charge on any atom is 0.344 e. The second kappa shape index (κ2) is 4.86. The molecule has 0 aliphatic carbocycles. The van der Waals surface area contributed by atoms with Crippen molar-refractivity contribution < 1.29 is 22.7 Å². The summed E-state index contributed by atoms with van der Waals surface area (Å²) in [4.78, 5) is 3.49. The van der Waals surface area contributed by atoms with Crippen LogP contribution in [0.25, 0.3) is 0 Å². The lowest BCUT2D eigenvalue weighted by Gasteiger charge is -2.03. The molecular formula is C6H10N2O5S. The molecule has 0 aliphatic heterocycles. The molecule has 0 fully saturated rings. The molecule has 1 aromatic rings. The van der Waals surface area contributed by atoms with Gasteiger partial charge >= 0.3 is 10.1 Å². The fourth-order valence-electron chi connectivity index (χ4n) is 0.754. The molecule has 14 heavy (non-hydrogen) atoms. The molecule has 7 nitrogen and oxygen atoms in total. The molecule has 0 aromatic carbocycles. The predicted octanol–water partition coefficient (Wildman–Crippen LogP) is 0.430. The molecule has 1 heterocycles. The van der Waals surface area contributed by atoms with Crippen LogP contribution in [0, 0.1) is 0 Å². The molecule has 80 valence electrons. The van der Waals surface area contributed by atoms with E-state index in [1.54, 1.807) is 0 Å². The Labute approximate surface area is 80.9 Å². The first-order valence-corrected chi connectivity index (χ1v) is 4.59. The Morgan fingerprint density at radius 3 is 2.64 bits per heavy atom. The van der Waals surface area contributed by atoms with E-state index >= 15 is 0 Å². The number of ether oxygens (including phenoxy) is 1. The van der Waals surface area contributed by atoms with Gasteiger partial charge in [0.15, 0.2) is 5.75 Å². The van der Waals surface area contributed by atoms with Crippen LogP contribution in [-0.2, 0) is 14.5 Å². The summed E-state index contributed by atoms with van der Waals surface area (Å²) in [6, 6.07) is 2.88. The molecule has 0 bridgehead atoms. The Morgan fingerprint density at radius 1 is 1.50 bits per heavy atom. The Bertz CT molecular complexity index is 391. The standard InChI is InChI=1S/C6H7NO5S.H3N/c1-11-5-3-2-4-7-6(5)13(9,10)12-8;/h2-4,8H,1H3;1H3. The van der Waals surface area contributed by atoms with Gasteiger partial charge in [0.05, 0.1) is 7.11 Å². The number of hydrogen-bond acceptors (Lipinski definition) is 7. The summed E-state index contributed by atoms with van der Waals surface area (Å²) in [7, 11) is -2.94. The lowest BCUT2D eigenvalue weighted by Crippen LogP contribution is -2.07. The monoisotopic (exact) mass is 222 g/mol. The number of hydrogen-bond donors (Lipinski definition) is 2. The van der Waals surface area contributed by atoms with Crippen molar-refractivity contribution in [2.45, 2.75) is 5.03 Å². The number of rotatable bonds is 3. The van der Waals surface area contributed by atoms with Crippen molar-refractivity contribution in [1.82, 2.24) is 11.1 Å². The summed E-state index contributed by atoms with van der Waals surface area (Å²) >= 11 is 0. The number of aromatic nitrogens is 1. The zero-order valence-electron chi connectivity index (χ0n) is 7.37. The third-order valence-electron chi connectivity index (χ3n) is 1.29. The average molecular weight is 222 g/mol. The molecule has 0 aliphatic rings. The van der Waals surface area contributed by atoms with Crippen LogP contribution < -0.4 is 10.9 Å². The fourth-order valence-corrected chi connectivity index (χ4v) is 1.41. The minimum absolute atomic E-state index is 0. The smallest absolute Gasteiger partial charge is 0.344 e. The minimum atomic E-state index is -4.22. The van der Waals surface area contributed by atoms with Crippen LogP contribution in [0.4, 0.5) is 0 Å². The summed E-state index contributed by atoms with van der Waals surface area (Å²) in [5.41, 5.74) is 0. The molecule has 0 saturated carbocycles. The van der Waals surface area contributed by atoms with Crippen LogP contribution in [0.2, 0.25) is 0 Å². The highest BCUT2D eigenvalue weighted by molar-refractivity contribution is 7.86. The fraction of sp³-hybridized carbons (Fsp3) is 0.167. The maximum atomic E-state index is 11.0. The average Bonchev–Trinajstić information content (AvgIpc) is 2.18. The Kier molecular flexibility index (Phi) is 4.44. The van der Waals surface area contributed by atoms with Crippen molar-refractivity contribution in [3.63, 3.8) is 0 Å². The summed E-state index contributed by atoms with van der Waals surface area (Å²) in [5.74, 6) is 0.0107. The first-order valence-electron chi connectivity index (χ1n) is 3.19. The highest BCUT2D eigenvalue weighted by Gasteiger charge is 2.21. The van der Waals surface area contributed by atoms with Gasteiger partial charge in [0.2, 0.25) is 5.03 Å². The summed E-state index contributed by atoms with van der Waals surface area (Å²) in [6.45, 7) is 0. The van der Waals surface area contributed by atoms with Gasteiger partial charge < -0.3 is 10.9 Å². The van der Waals surface area contributed by atoms with Crippen LogP contribution in [-0.4, -0.2) is 25.8 Å². The van der Waals surface area contributed by atoms with Crippen molar-refractivity contribution in [3.8, 4) is 5.75 Å². The van der Waals surface area contributed by atoms with Crippen molar-refractivity contribution in [3.05, 3.63) is 18.3 Å². The highest BCUT2D eigenvalue weighted by atomic mass is 32.2. The largest absolute Gasteiger partial charge is 0.494 e. The first-order chi connectivity index (χ1) is 6.11. The molecule has 1 aromatic heterocycles. The third kappa shape index (κ3) is 2.39. The van der Waals surface area contributed by atoms with Crippen LogP contribution in [0.3, 0.4) is 0 Å². The van der Waals surface area contributed by atoms with Crippen LogP contribution >= 0.6 is 0 Å². The van der Waals surface area contributed by atoms with Crippen molar-refractivity contribution >= 4 is 10.1 Å². The molecular weight excluding hydrogens is 212 g/mol. The molecule has 0 atom stereocenters. The van der Waals surface area contributed by atoms with E-state index in [-0.39, 0.29) is 11.9 Å². The lowest BCUT2D eigenvalue weighted by molar-refractivity contribution is -0.131. The van der Waals surface area contributed by atoms with Crippen LogP contribution in [0.15, 0.2) is 23.4 Å². The van der Waals surface area contributed by atoms with E-state index in [2.05, 4.69) is 9.32 Å². The van der Waals surface area contributed by atoms with Crippen LogP contribution in [0.5, 0.6) is 5.75 Å². The topological polar surface area (TPSA) is 121 Å². The van der Waals surface area contributed by atoms with Crippen LogP contribution in [0.1, 0.15) is 0 Å². The summed E-state index contributed by atoms with van der Waals surface area (Å²) in [5, 5.41) is 7.63. The van der Waals surface area contributed by atoms with Gasteiger partial charge in [0.25, 0.3) is 0 Å². The molecule has 0 amide bonds. The van der Waals surface area contributed by atoms with E-state index in [4.69, 9.17) is 9.99 Å². The zero-order chi connectivity index (χ0) is 9.90. The first kappa shape index (κ1) is 12.8. The van der Waals surface area contributed by atoms with Gasteiger partial charge in [0.1, 0.15) is 0 Å². The van der Waals surface area contributed by atoms with Gasteiger partial charge in [-0.25, -0.2) is 10.2 Å². The minimum Gasteiger partial charge on any atom is -0.494 e. The van der Waals surface area contributed by atoms with E-state index < -0.39 is 15.1 Å². The zero-order valence-corrected chi connectivity index (χ0v) is 8.19. The normalized spacial score (nSPS) is 10.4. The maximum absolute atomic E-state index is 11.0. The van der Waals surface area contributed by atoms with Gasteiger partial charge in [-0.2, -0.15) is 8.42 Å². The van der Waals surface area contributed by atoms with Gasteiger partial charge in [-0.1, -0.05) is 0 Å². The summed E-state index contributed by atoms with van der Waals surface area (Å²) in [6.07, 6.45) is 1.24. The molecule has 0 unspecified atom stereocenters. The van der Waals surface area contributed by atoms with Gasteiger partial charge in [-0.3, -0.25) is 0 Å². The van der Waals surface area contributed by atoms with E-state index in [0.717, 1.165) is 0 Å². The van der Waals surface area contributed by atoms with E-state index in [0.29, 0.717) is 0 Å². The Balaban J connectivity index is 0.00000169. The second-order valence-corrected chi connectivity index (χ2v) is 3.48. The molecule has 0 spiro atoms. The molecule has 4 N–H and O–H groups in total. The van der Waals surface area contributed by atoms with E-state index in [1.165, 1.54) is 25.4 Å². The number of methoxy groups -OCH3 is 1. The predicted molar refractivity (Wildman–Crippen MR) is 46.7 cm³/mol. The van der Waals surface area contributed by atoms with Gasteiger partial charge in [0, 0.05) is 6.20 Å². The Morgan fingerprint density at radius 2 is 2.14 bits per heavy atom. The van der Waals surface area contributed by atoms with Crippen molar-refractivity contribution in [2.75, 3.05) is 7.11 Å². The number of nitrogens with zero attached hydrogens (tertiary/aromatic N) is 1. The van der Waals surface area contributed by atoms with Gasteiger partial charge in [-0.15, -0.1) is 4.33 Å². The lowest BCUT2D eigenvalue weighted by atomic mass is 10.5. The molecule has 0 radical (unpaired) electrons. The Hall–Kier alpha value is -1.22. The van der Waals surface area contributed by atoms with E-state index in [1.807, 2.05) is 0 Å². The highest BCUT2D eigenvalue weighted by Crippen LogP contribution is 2.20. The molecule has 0 saturated heterocycles. The molecule has 1 rings (SSSR count). The molecule has 8 heteroatoms. The quantitative estimate of drug-likeness (QED) is 0.561. The number of pyridine rings is 1. The summed E-state index contributed by atoms with van der Waals surface area (Å²) < 4.78 is 29.9. The van der Waals surface area contributed by atoms with Gasteiger partial charge in [-0.05, 0) is 12.1 Å². The second-order valence-electron chi connectivity index (χ2n) is 2.04. The SMILES string of the molecule is COc1cccnc1S(=O)(=O)OO.N. The van der Waals surface area contributed by atoms with Crippen molar-refractivity contribution in [2.24, 2.45) is 0 Å². The third-order valence-corrected chi connectivity index (χ3v) is 2.27. The van der Waals surface area contributed by atoms with Crippen molar-refractivity contribution in [1.29, 1.82) is 0 Å².